The molecule has 2 N–H and O–H groups in total. The lowest BCUT2D eigenvalue weighted by atomic mass is 10.1. The first-order valence-corrected chi connectivity index (χ1v) is 8.98. The lowest BCUT2D eigenvalue weighted by Crippen LogP contribution is -2.58. The molecule has 1 fully saturated rings. The van der Waals surface area contributed by atoms with Crippen LogP contribution in [0.15, 0.2) is 59.7 Å². The van der Waals surface area contributed by atoms with Crippen molar-refractivity contribution in [3.05, 3.63) is 65.7 Å². The van der Waals surface area contributed by atoms with Gasteiger partial charge >= 0.3 is 0 Å². The Morgan fingerprint density at radius 2 is 1.86 bits per heavy atom. The summed E-state index contributed by atoms with van der Waals surface area (Å²) in [4.78, 5) is 38.1. The molecule has 0 aliphatic carbocycles. The van der Waals surface area contributed by atoms with E-state index in [0.29, 0.717) is 5.69 Å². The Morgan fingerprint density at radius 3 is 2.54 bits per heavy atom. The SMILES string of the molecule is Cc1ccc(N2C(=O)[C@@H](/C=N/NC(=O)Cc3ccccc3)C(=O)NC2=S)cc1. The number of benzene rings is 2. The second-order valence-electron chi connectivity index (χ2n) is 6.26. The van der Waals surface area contributed by atoms with Crippen LogP contribution in [0.1, 0.15) is 11.1 Å². The third kappa shape index (κ3) is 4.47. The number of rotatable bonds is 5. The van der Waals surface area contributed by atoms with Gasteiger partial charge in [0, 0.05) is 6.21 Å². The van der Waals surface area contributed by atoms with E-state index < -0.39 is 17.7 Å². The fourth-order valence-electron chi connectivity index (χ4n) is 2.66. The molecule has 3 amide bonds. The quantitative estimate of drug-likeness (QED) is 0.350. The first-order valence-electron chi connectivity index (χ1n) is 8.57. The van der Waals surface area contributed by atoms with E-state index in [9.17, 15) is 14.4 Å². The summed E-state index contributed by atoms with van der Waals surface area (Å²) >= 11 is 5.13. The first kappa shape index (κ1) is 19.4. The normalized spacial score (nSPS) is 17.0. The number of hydrogen-bond donors (Lipinski definition) is 2. The molecule has 1 aliphatic rings. The van der Waals surface area contributed by atoms with Crippen molar-refractivity contribution in [3.63, 3.8) is 0 Å². The van der Waals surface area contributed by atoms with Crippen LogP contribution in [0.4, 0.5) is 5.69 Å². The van der Waals surface area contributed by atoms with Gasteiger partial charge in [-0.2, -0.15) is 5.10 Å². The van der Waals surface area contributed by atoms with E-state index >= 15 is 0 Å². The van der Waals surface area contributed by atoms with Gasteiger partial charge in [0.15, 0.2) is 11.0 Å². The van der Waals surface area contributed by atoms with Crippen LogP contribution < -0.4 is 15.6 Å². The molecule has 0 unspecified atom stereocenters. The van der Waals surface area contributed by atoms with Crippen molar-refractivity contribution in [3.8, 4) is 0 Å². The number of hydrogen-bond acceptors (Lipinski definition) is 5. The second-order valence-corrected chi connectivity index (χ2v) is 6.64. The summed E-state index contributed by atoms with van der Waals surface area (Å²) in [7, 11) is 0. The van der Waals surface area contributed by atoms with Crippen LogP contribution in [0.25, 0.3) is 0 Å². The van der Waals surface area contributed by atoms with Crippen LogP contribution >= 0.6 is 12.2 Å². The predicted octanol–water partition coefficient (Wildman–Crippen LogP) is 1.70. The monoisotopic (exact) mass is 394 g/mol. The number of amides is 3. The van der Waals surface area contributed by atoms with Crippen molar-refractivity contribution in [2.24, 2.45) is 11.0 Å². The van der Waals surface area contributed by atoms with E-state index in [1.807, 2.05) is 49.4 Å². The van der Waals surface area contributed by atoms with Crippen LogP contribution in [0, 0.1) is 12.8 Å². The number of nitrogens with zero attached hydrogens (tertiary/aromatic N) is 2. The van der Waals surface area contributed by atoms with Gasteiger partial charge in [-0.1, -0.05) is 48.0 Å². The molecule has 2 aromatic rings. The number of hydrazone groups is 1. The average molecular weight is 394 g/mol. The number of anilines is 1. The van der Waals surface area contributed by atoms with Crippen molar-refractivity contribution in [2.75, 3.05) is 4.90 Å². The molecular formula is C20H18N4O3S. The zero-order valence-corrected chi connectivity index (χ0v) is 15.9. The summed E-state index contributed by atoms with van der Waals surface area (Å²) in [5, 5.41) is 6.29. The molecule has 142 valence electrons. The zero-order valence-electron chi connectivity index (χ0n) is 15.1. The molecule has 8 heteroatoms. The molecular weight excluding hydrogens is 376 g/mol. The molecule has 7 nitrogen and oxygen atoms in total. The highest BCUT2D eigenvalue weighted by molar-refractivity contribution is 7.80. The molecule has 1 atom stereocenters. The molecule has 1 heterocycles. The molecule has 0 aromatic heterocycles. The van der Waals surface area contributed by atoms with Crippen molar-refractivity contribution < 1.29 is 14.4 Å². The Kier molecular flexibility index (Phi) is 5.90. The minimum absolute atomic E-state index is 0.0108. The van der Waals surface area contributed by atoms with E-state index in [0.717, 1.165) is 17.3 Å². The van der Waals surface area contributed by atoms with Crippen LogP contribution in [0.5, 0.6) is 0 Å². The first-order chi connectivity index (χ1) is 13.5. The maximum Gasteiger partial charge on any atom is 0.251 e. The molecule has 3 rings (SSSR count). The van der Waals surface area contributed by atoms with Gasteiger partial charge in [0.2, 0.25) is 11.8 Å². The highest BCUT2D eigenvalue weighted by atomic mass is 32.1. The van der Waals surface area contributed by atoms with Gasteiger partial charge in [-0.15, -0.1) is 0 Å². The Bertz CT molecular complexity index is 942. The van der Waals surface area contributed by atoms with Gasteiger partial charge in [-0.05, 0) is 36.8 Å². The summed E-state index contributed by atoms with van der Waals surface area (Å²) in [6.45, 7) is 1.93. The highest BCUT2D eigenvalue weighted by Gasteiger charge is 2.38. The van der Waals surface area contributed by atoms with E-state index in [4.69, 9.17) is 12.2 Å². The average Bonchev–Trinajstić information content (AvgIpc) is 2.66. The van der Waals surface area contributed by atoms with Gasteiger partial charge in [-0.3, -0.25) is 19.3 Å². The molecule has 1 aliphatic heterocycles. The largest absolute Gasteiger partial charge is 0.301 e. The summed E-state index contributed by atoms with van der Waals surface area (Å²) < 4.78 is 0. The summed E-state index contributed by atoms with van der Waals surface area (Å²) in [5.74, 6) is -2.65. The maximum atomic E-state index is 12.8. The number of carbonyl (C=O) groups excluding carboxylic acids is 3. The molecule has 0 saturated carbocycles. The van der Waals surface area contributed by atoms with Crippen LogP contribution in [0.3, 0.4) is 0 Å². The Hall–Kier alpha value is -3.39. The highest BCUT2D eigenvalue weighted by Crippen LogP contribution is 2.20. The molecule has 0 bridgehead atoms. The lowest BCUT2D eigenvalue weighted by Gasteiger charge is -2.30. The van der Waals surface area contributed by atoms with Crippen molar-refractivity contribution >= 4 is 47.0 Å². The van der Waals surface area contributed by atoms with Crippen molar-refractivity contribution in [1.82, 2.24) is 10.7 Å². The Balaban J connectivity index is 1.68. The number of aryl methyl sites for hydroxylation is 1. The predicted molar refractivity (Wildman–Crippen MR) is 110 cm³/mol. The summed E-state index contributed by atoms with van der Waals surface area (Å²) in [5.41, 5.74) is 4.75. The third-order valence-electron chi connectivity index (χ3n) is 4.11. The zero-order chi connectivity index (χ0) is 20.1. The van der Waals surface area contributed by atoms with Crippen molar-refractivity contribution in [1.29, 1.82) is 0 Å². The van der Waals surface area contributed by atoms with E-state index in [1.165, 1.54) is 4.90 Å². The van der Waals surface area contributed by atoms with Gasteiger partial charge in [-0.25, -0.2) is 5.43 Å². The van der Waals surface area contributed by atoms with E-state index in [1.54, 1.807) is 12.1 Å². The van der Waals surface area contributed by atoms with Gasteiger partial charge in [0.1, 0.15) is 0 Å². The van der Waals surface area contributed by atoms with E-state index in [-0.39, 0.29) is 17.4 Å². The summed E-state index contributed by atoms with van der Waals surface area (Å²) in [6.07, 6.45) is 1.26. The van der Waals surface area contributed by atoms with Gasteiger partial charge in [0.25, 0.3) is 5.91 Å². The van der Waals surface area contributed by atoms with Crippen LogP contribution in [-0.4, -0.2) is 29.0 Å². The van der Waals surface area contributed by atoms with Crippen LogP contribution in [0.2, 0.25) is 0 Å². The minimum atomic E-state index is -1.19. The lowest BCUT2D eigenvalue weighted by molar-refractivity contribution is -0.130. The van der Waals surface area contributed by atoms with E-state index in [2.05, 4.69) is 15.8 Å². The molecule has 2 aromatic carbocycles. The minimum Gasteiger partial charge on any atom is -0.301 e. The molecule has 1 saturated heterocycles. The Morgan fingerprint density at radius 1 is 1.18 bits per heavy atom. The second kappa shape index (κ2) is 8.53. The number of carbonyl (C=O) groups is 3. The van der Waals surface area contributed by atoms with Gasteiger partial charge in [0.05, 0.1) is 12.1 Å². The molecule has 28 heavy (non-hydrogen) atoms. The van der Waals surface area contributed by atoms with Crippen LogP contribution in [-0.2, 0) is 20.8 Å². The topological polar surface area (TPSA) is 90.9 Å². The fourth-order valence-corrected chi connectivity index (χ4v) is 2.96. The number of nitrogens with one attached hydrogen (secondary N) is 2. The fraction of sp³-hybridized carbons (Fsp3) is 0.150. The van der Waals surface area contributed by atoms with Gasteiger partial charge < -0.3 is 5.32 Å². The summed E-state index contributed by atoms with van der Waals surface area (Å²) in [6, 6.07) is 16.3. The molecule has 0 radical (unpaired) electrons. The van der Waals surface area contributed by atoms with Crippen molar-refractivity contribution in [2.45, 2.75) is 13.3 Å². The standard InChI is InChI=1S/C20H18N4O3S/c1-13-7-9-15(10-8-13)24-19(27)16(18(26)22-20(24)28)12-21-23-17(25)11-14-5-3-2-4-6-14/h2-10,12,16H,11H2,1H3,(H,23,25)(H,22,26,28)/b21-12+/t16-/m0/s1. The number of thiocarbonyl (C=S) groups is 1. The Labute approximate surface area is 167 Å². The maximum absolute atomic E-state index is 12.8. The third-order valence-corrected chi connectivity index (χ3v) is 4.40. The molecule has 0 spiro atoms. The smallest absolute Gasteiger partial charge is 0.251 e.